The van der Waals surface area contributed by atoms with Crippen molar-refractivity contribution in [1.82, 2.24) is 15.6 Å². The molecule has 1 heterocycles. The lowest BCUT2D eigenvalue weighted by Crippen LogP contribution is -2.52. The van der Waals surface area contributed by atoms with Crippen molar-refractivity contribution in [2.75, 3.05) is 13.7 Å². The Labute approximate surface area is 241 Å². The molecular formula is C28H28ClN5O5S. The van der Waals surface area contributed by atoms with E-state index < -0.39 is 6.03 Å². The smallest absolute Gasteiger partial charge is 0.321 e. The van der Waals surface area contributed by atoms with Gasteiger partial charge in [0.1, 0.15) is 16.7 Å². The number of hydrogen-bond acceptors (Lipinski definition) is 8. The first-order valence-corrected chi connectivity index (χ1v) is 13.7. The molecule has 10 nitrogen and oxygen atoms in total. The number of urea groups is 1. The molecule has 1 aliphatic heterocycles. The molecule has 0 saturated carbocycles. The number of guanidine groups is 1. The highest BCUT2D eigenvalue weighted by Crippen LogP contribution is 2.42. The molecule has 12 heteroatoms. The van der Waals surface area contributed by atoms with Crippen LogP contribution in [0.15, 0.2) is 89.1 Å². The fourth-order valence-electron chi connectivity index (χ4n) is 3.89. The molecule has 2 amide bonds. The summed E-state index contributed by atoms with van der Waals surface area (Å²) < 4.78 is 10.6. The first-order valence-electron chi connectivity index (χ1n) is 12.4. The second-order valence-electron chi connectivity index (χ2n) is 8.92. The number of rotatable bonds is 9. The quantitative estimate of drug-likeness (QED) is 0.106. The van der Waals surface area contributed by atoms with Gasteiger partial charge < -0.3 is 14.8 Å². The summed E-state index contributed by atoms with van der Waals surface area (Å²) in [6.07, 6.45) is 0. The van der Waals surface area contributed by atoms with Crippen molar-refractivity contribution in [3.05, 3.63) is 94.4 Å². The number of para-hydroxylation sites is 1. The van der Waals surface area contributed by atoms with Crippen molar-refractivity contribution in [2.45, 2.75) is 24.0 Å². The Hall–Kier alpha value is -4.09. The standard InChI is InChI=1S/C28H28ClN5O5S/c1-18-24(40-25(18)26(35)38-2)16-30-28(36)32-27(34(33-37)17-19-8-10-20(29)11-9-19)31-21-12-14-23(15-13-21)39-22-6-4-3-5-7-22/h3-15,18,24-25H,16-17H2,1-2H3,(H2,30,31,32,36)/t18-,24?,25?/m0/s1. The van der Waals surface area contributed by atoms with Crippen LogP contribution in [0.2, 0.25) is 5.02 Å². The van der Waals surface area contributed by atoms with Gasteiger partial charge in [0.05, 0.1) is 24.6 Å². The lowest BCUT2D eigenvalue weighted by atomic mass is 10.0. The minimum Gasteiger partial charge on any atom is -0.468 e. The molecule has 208 valence electrons. The Bertz CT molecular complexity index is 1340. The van der Waals surface area contributed by atoms with E-state index in [-0.39, 0.29) is 34.9 Å². The number of methoxy groups -OCH3 is 1. The van der Waals surface area contributed by atoms with Crippen molar-refractivity contribution in [2.24, 2.45) is 16.2 Å². The van der Waals surface area contributed by atoms with E-state index in [1.807, 2.05) is 37.3 Å². The van der Waals surface area contributed by atoms with E-state index in [2.05, 4.69) is 20.9 Å². The molecule has 4 rings (SSSR count). The molecule has 0 aliphatic carbocycles. The van der Waals surface area contributed by atoms with Crippen molar-refractivity contribution in [3.8, 4) is 11.5 Å². The van der Waals surface area contributed by atoms with Gasteiger partial charge in [-0.15, -0.1) is 16.7 Å². The number of carbonyl (C=O) groups excluding carboxylic acids is 2. The van der Waals surface area contributed by atoms with Crippen LogP contribution in [0.4, 0.5) is 10.5 Å². The number of halogens is 1. The van der Waals surface area contributed by atoms with E-state index in [1.54, 1.807) is 48.5 Å². The fourth-order valence-corrected chi connectivity index (χ4v) is 5.35. The summed E-state index contributed by atoms with van der Waals surface area (Å²) in [5, 5.41) is 9.91. The van der Waals surface area contributed by atoms with Crippen LogP contribution < -0.4 is 15.4 Å². The molecule has 3 atom stereocenters. The Balaban J connectivity index is 1.47. The van der Waals surface area contributed by atoms with Crippen LogP contribution in [0.1, 0.15) is 12.5 Å². The van der Waals surface area contributed by atoms with Gasteiger partial charge in [0.2, 0.25) is 5.96 Å². The predicted octanol–water partition coefficient (Wildman–Crippen LogP) is 5.90. The number of nitrogens with zero attached hydrogens (tertiary/aromatic N) is 3. The van der Waals surface area contributed by atoms with Crippen molar-refractivity contribution in [1.29, 1.82) is 0 Å². The summed E-state index contributed by atoms with van der Waals surface area (Å²) in [5.74, 6) is 0.986. The molecule has 1 aliphatic rings. The van der Waals surface area contributed by atoms with Gasteiger partial charge in [-0.3, -0.25) is 10.1 Å². The average molecular weight is 582 g/mol. The third-order valence-electron chi connectivity index (χ3n) is 6.15. The van der Waals surface area contributed by atoms with Gasteiger partial charge in [0.25, 0.3) is 0 Å². The lowest BCUT2D eigenvalue weighted by molar-refractivity contribution is -0.141. The van der Waals surface area contributed by atoms with E-state index in [9.17, 15) is 14.5 Å². The highest BCUT2D eigenvalue weighted by molar-refractivity contribution is 8.02. The van der Waals surface area contributed by atoms with Gasteiger partial charge in [-0.25, -0.2) is 9.79 Å². The van der Waals surface area contributed by atoms with E-state index >= 15 is 0 Å². The van der Waals surface area contributed by atoms with Crippen molar-refractivity contribution < 1.29 is 19.1 Å². The van der Waals surface area contributed by atoms with Crippen LogP contribution in [0.3, 0.4) is 0 Å². The summed E-state index contributed by atoms with van der Waals surface area (Å²) in [5.41, 5.74) is 1.20. The second kappa shape index (κ2) is 13.8. The number of nitroso groups, excluding NO2 is 1. The Morgan fingerprint density at radius 2 is 1.68 bits per heavy atom. The number of thioether (sulfide) groups is 1. The van der Waals surface area contributed by atoms with Crippen LogP contribution in [0.25, 0.3) is 0 Å². The topological polar surface area (TPSA) is 122 Å². The molecule has 40 heavy (non-hydrogen) atoms. The third-order valence-corrected chi connectivity index (χ3v) is 8.26. The molecule has 2 unspecified atom stereocenters. The van der Waals surface area contributed by atoms with Crippen LogP contribution in [-0.2, 0) is 16.1 Å². The van der Waals surface area contributed by atoms with Gasteiger partial charge in [0, 0.05) is 16.8 Å². The van der Waals surface area contributed by atoms with Gasteiger partial charge >= 0.3 is 12.0 Å². The molecule has 0 bridgehead atoms. The van der Waals surface area contributed by atoms with E-state index in [1.165, 1.54) is 18.9 Å². The third kappa shape index (κ3) is 7.73. The molecule has 0 spiro atoms. The van der Waals surface area contributed by atoms with Gasteiger partial charge in [-0.2, -0.15) is 5.01 Å². The zero-order chi connectivity index (χ0) is 28.5. The number of benzene rings is 3. The normalized spacial score (nSPS) is 18.2. The van der Waals surface area contributed by atoms with E-state index in [4.69, 9.17) is 21.1 Å². The van der Waals surface area contributed by atoms with Crippen LogP contribution >= 0.6 is 23.4 Å². The number of carbonyl (C=O) groups is 2. The lowest BCUT2D eigenvalue weighted by Gasteiger charge is -2.40. The molecule has 0 radical (unpaired) electrons. The number of amides is 2. The van der Waals surface area contributed by atoms with Gasteiger partial charge in [0.15, 0.2) is 0 Å². The Morgan fingerprint density at radius 1 is 1.00 bits per heavy atom. The summed E-state index contributed by atoms with van der Waals surface area (Å²) >= 11 is 7.43. The average Bonchev–Trinajstić information content (AvgIpc) is 2.97. The van der Waals surface area contributed by atoms with E-state index in [0.29, 0.717) is 28.8 Å². The maximum atomic E-state index is 12.8. The van der Waals surface area contributed by atoms with Crippen LogP contribution in [0, 0.1) is 10.8 Å². The first-order chi connectivity index (χ1) is 19.4. The Kier molecular flexibility index (Phi) is 9.98. The molecule has 3 aromatic rings. The van der Waals surface area contributed by atoms with Crippen LogP contribution in [-0.4, -0.2) is 47.1 Å². The summed E-state index contributed by atoms with van der Waals surface area (Å²) in [6.45, 7) is 2.30. The molecular weight excluding hydrogens is 554 g/mol. The largest absolute Gasteiger partial charge is 0.468 e. The minimum atomic E-state index is -0.568. The van der Waals surface area contributed by atoms with E-state index in [0.717, 1.165) is 10.6 Å². The fraction of sp³-hybridized carbons (Fsp3) is 0.250. The van der Waals surface area contributed by atoms with Gasteiger partial charge in [-0.05, 0) is 60.0 Å². The van der Waals surface area contributed by atoms with Crippen molar-refractivity contribution >= 4 is 47.0 Å². The van der Waals surface area contributed by atoms with Crippen molar-refractivity contribution in [3.63, 3.8) is 0 Å². The summed E-state index contributed by atoms with van der Waals surface area (Å²) in [4.78, 5) is 41.0. The Morgan fingerprint density at radius 3 is 2.30 bits per heavy atom. The maximum Gasteiger partial charge on any atom is 0.321 e. The number of aliphatic imine (C=N–C) groups is 1. The monoisotopic (exact) mass is 581 g/mol. The molecule has 1 saturated heterocycles. The molecule has 0 aromatic heterocycles. The highest BCUT2D eigenvalue weighted by atomic mass is 35.5. The van der Waals surface area contributed by atoms with Gasteiger partial charge in [-0.1, -0.05) is 48.9 Å². The number of ether oxygens (including phenoxy) is 2. The molecule has 3 aromatic carbocycles. The number of hydrogen-bond donors (Lipinski definition) is 2. The highest BCUT2D eigenvalue weighted by Gasteiger charge is 2.43. The first kappa shape index (κ1) is 28.9. The maximum absolute atomic E-state index is 12.8. The zero-order valence-electron chi connectivity index (χ0n) is 21.8. The SMILES string of the molecule is COC(=O)C1SC(CNC(=O)NC(=Nc2ccc(Oc3ccccc3)cc2)N(Cc2ccc(Cl)cc2)N=O)[C@@H]1C. The number of esters is 1. The number of nitrogens with one attached hydrogen (secondary N) is 2. The summed E-state index contributed by atoms with van der Waals surface area (Å²) in [6, 6.07) is 22.5. The second-order valence-corrected chi connectivity index (χ2v) is 10.7. The predicted molar refractivity (Wildman–Crippen MR) is 156 cm³/mol. The minimum absolute atomic E-state index is 0.0422. The summed E-state index contributed by atoms with van der Waals surface area (Å²) in [7, 11) is 1.36. The zero-order valence-corrected chi connectivity index (χ0v) is 23.4. The molecule has 2 N–H and O–H groups in total. The van der Waals surface area contributed by atoms with Crippen LogP contribution in [0.5, 0.6) is 11.5 Å². The molecule has 1 fully saturated rings.